The smallest absolute Gasteiger partial charge is 0.0208 e. The van der Waals surface area contributed by atoms with Crippen LogP contribution in [0.4, 0.5) is 0 Å². The monoisotopic (exact) mass is 146 g/mol. The van der Waals surface area contributed by atoms with Crippen molar-refractivity contribution in [2.75, 3.05) is 0 Å². The van der Waals surface area contributed by atoms with Crippen molar-refractivity contribution >= 4 is 0 Å². The van der Waals surface area contributed by atoms with Crippen molar-refractivity contribution < 1.29 is 0 Å². The van der Waals surface area contributed by atoms with E-state index in [0.29, 0.717) is 0 Å². The van der Waals surface area contributed by atoms with Crippen molar-refractivity contribution in [1.82, 2.24) is 5.32 Å². The lowest BCUT2D eigenvalue weighted by Crippen LogP contribution is -2.14. The van der Waals surface area contributed by atoms with E-state index in [1.807, 2.05) is 12.1 Å². The van der Waals surface area contributed by atoms with Gasteiger partial charge in [0.15, 0.2) is 0 Å². The molecule has 0 bridgehead atoms. The Hall–Kier alpha value is -0.820. The standard InChI is InChI=1S/C10H12N/c1-2-4-9(5-3-1)8-11-10-6-7-10/h2-5,10-11H,6-8H2. The zero-order valence-electron chi connectivity index (χ0n) is 6.51. The van der Waals surface area contributed by atoms with Crippen molar-refractivity contribution in [1.29, 1.82) is 0 Å². The minimum absolute atomic E-state index is 0.805. The largest absolute Gasteiger partial charge is 0.310 e. The third-order valence-corrected chi connectivity index (χ3v) is 1.96. The van der Waals surface area contributed by atoms with E-state index in [2.05, 4.69) is 23.5 Å². The fourth-order valence-corrected chi connectivity index (χ4v) is 1.09. The van der Waals surface area contributed by atoms with E-state index in [9.17, 15) is 0 Å². The first-order valence-electron chi connectivity index (χ1n) is 4.13. The lowest BCUT2D eigenvalue weighted by molar-refractivity contribution is 0.688. The summed E-state index contributed by atoms with van der Waals surface area (Å²) in [5.74, 6) is 0. The molecular formula is C10H12N. The molecule has 0 aliphatic heterocycles. The van der Waals surface area contributed by atoms with Crippen LogP contribution in [-0.2, 0) is 6.54 Å². The molecule has 1 fully saturated rings. The molecule has 0 heterocycles. The molecule has 1 nitrogen and oxygen atoms in total. The summed E-state index contributed by atoms with van der Waals surface area (Å²) in [7, 11) is 0. The lowest BCUT2D eigenvalue weighted by Gasteiger charge is -2.00. The summed E-state index contributed by atoms with van der Waals surface area (Å²) in [4.78, 5) is 0. The highest BCUT2D eigenvalue weighted by Gasteiger charge is 2.19. The van der Waals surface area contributed by atoms with Gasteiger partial charge in [-0.3, -0.25) is 0 Å². The lowest BCUT2D eigenvalue weighted by atomic mass is 10.2. The first-order chi connectivity index (χ1) is 5.45. The summed E-state index contributed by atoms with van der Waals surface area (Å²) in [6.45, 7) is 1.01. The molecule has 0 atom stereocenters. The van der Waals surface area contributed by atoms with Gasteiger partial charge in [-0.15, -0.1) is 0 Å². The van der Waals surface area contributed by atoms with Crippen LogP contribution in [0.5, 0.6) is 0 Å². The van der Waals surface area contributed by atoms with Gasteiger partial charge in [-0.25, -0.2) is 0 Å². The van der Waals surface area contributed by atoms with Crippen molar-refractivity contribution in [2.45, 2.75) is 25.4 Å². The van der Waals surface area contributed by atoms with Crippen LogP contribution in [0.3, 0.4) is 0 Å². The summed E-state index contributed by atoms with van der Waals surface area (Å²) in [6, 6.07) is 12.0. The number of benzene rings is 1. The minimum Gasteiger partial charge on any atom is -0.310 e. The average molecular weight is 146 g/mol. The Morgan fingerprint density at radius 2 is 2.09 bits per heavy atom. The molecule has 1 heteroatoms. The quantitative estimate of drug-likeness (QED) is 0.685. The second-order valence-electron chi connectivity index (χ2n) is 3.06. The van der Waals surface area contributed by atoms with Gasteiger partial charge in [-0.05, 0) is 24.5 Å². The highest BCUT2D eigenvalue weighted by Crippen LogP contribution is 2.19. The van der Waals surface area contributed by atoms with Gasteiger partial charge in [0.2, 0.25) is 0 Å². The highest BCUT2D eigenvalue weighted by molar-refractivity contribution is 5.13. The maximum atomic E-state index is 3.46. The molecule has 0 amide bonds. The van der Waals surface area contributed by atoms with Gasteiger partial charge in [-0.1, -0.05) is 24.3 Å². The summed E-state index contributed by atoms with van der Waals surface area (Å²) in [6.07, 6.45) is 2.72. The van der Waals surface area contributed by atoms with Crippen LogP contribution in [0.2, 0.25) is 0 Å². The van der Waals surface area contributed by atoms with Crippen LogP contribution in [0.15, 0.2) is 24.3 Å². The van der Waals surface area contributed by atoms with Crippen LogP contribution in [0.1, 0.15) is 18.4 Å². The van der Waals surface area contributed by atoms with Gasteiger partial charge >= 0.3 is 0 Å². The molecule has 1 N–H and O–H groups in total. The predicted molar refractivity (Wildman–Crippen MR) is 45.1 cm³/mol. The molecule has 2 rings (SSSR count). The van der Waals surface area contributed by atoms with Crippen molar-refractivity contribution in [2.24, 2.45) is 0 Å². The first kappa shape index (κ1) is 6.86. The summed E-state index contributed by atoms with van der Waals surface area (Å²) in [5.41, 5.74) is 1.36. The van der Waals surface area contributed by atoms with Crippen molar-refractivity contribution in [3.8, 4) is 0 Å². The van der Waals surface area contributed by atoms with E-state index in [0.717, 1.165) is 12.6 Å². The Morgan fingerprint density at radius 3 is 2.73 bits per heavy atom. The predicted octanol–water partition coefficient (Wildman–Crippen LogP) is 1.74. The van der Waals surface area contributed by atoms with Gasteiger partial charge in [-0.2, -0.15) is 0 Å². The third kappa shape index (κ3) is 2.05. The Balaban J connectivity index is 1.85. The van der Waals surface area contributed by atoms with E-state index in [-0.39, 0.29) is 0 Å². The Bertz CT molecular complexity index is 214. The topological polar surface area (TPSA) is 12.0 Å². The van der Waals surface area contributed by atoms with Gasteiger partial charge in [0, 0.05) is 12.6 Å². The van der Waals surface area contributed by atoms with Crippen LogP contribution >= 0.6 is 0 Å². The molecule has 1 radical (unpaired) electrons. The minimum atomic E-state index is 0.805. The molecule has 0 unspecified atom stereocenters. The van der Waals surface area contributed by atoms with Gasteiger partial charge in [0.05, 0.1) is 0 Å². The van der Waals surface area contributed by atoms with Gasteiger partial charge in [0.1, 0.15) is 0 Å². The molecule has 57 valence electrons. The zero-order valence-corrected chi connectivity index (χ0v) is 6.51. The van der Waals surface area contributed by atoms with E-state index in [4.69, 9.17) is 0 Å². The molecule has 1 aromatic rings. The summed E-state index contributed by atoms with van der Waals surface area (Å²) in [5, 5.41) is 3.46. The molecule has 1 aromatic carbocycles. The average Bonchev–Trinajstić information content (AvgIpc) is 2.86. The molecule has 1 saturated carbocycles. The summed E-state index contributed by atoms with van der Waals surface area (Å²) < 4.78 is 0. The van der Waals surface area contributed by atoms with Gasteiger partial charge < -0.3 is 5.32 Å². The number of hydrogen-bond acceptors (Lipinski definition) is 1. The van der Waals surface area contributed by atoms with E-state index >= 15 is 0 Å². The second kappa shape index (κ2) is 3.05. The maximum absolute atomic E-state index is 3.46. The highest BCUT2D eigenvalue weighted by atomic mass is 14.9. The third-order valence-electron chi connectivity index (χ3n) is 1.96. The SMILES string of the molecule is [c]1ccc(CNC2CC2)cc1. The van der Waals surface area contributed by atoms with Gasteiger partial charge in [0.25, 0.3) is 0 Å². The van der Waals surface area contributed by atoms with Crippen LogP contribution in [-0.4, -0.2) is 6.04 Å². The molecule has 0 saturated heterocycles. The Labute approximate surface area is 67.4 Å². The molecule has 11 heavy (non-hydrogen) atoms. The molecule has 1 aliphatic rings. The van der Waals surface area contributed by atoms with Crippen LogP contribution < -0.4 is 5.32 Å². The molecule has 0 aromatic heterocycles. The fourth-order valence-electron chi connectivity index (χ4n) is 1.09. The number of hydrogen-bond donors (Lipinski definition) is 1. The van der Waals surface area contributed by atoms with E-state index in [1.54, 1.807) is 0 Å². The van der Waals surface area contributed by atoms with Crippen LogP contribution in [0.25, 0.3) is 0 Å². The molecule has 1 aliphatic carbocycles. The van der Waals surface area contributed by atoms with Crippen molar-refractivity contribution in [3.63, 3.8) is 0 Å². The second-order valence-corrected chi connectivity index (χ2v) is 3.06. The Morgan fingerprint density at radius 1 is 1.36 bits per heavy atom. The van der Waals surface area contributed by atoms with E-state index in [1.165, 1.54) is 18.4 Å². The zero-order chi connectivity index (χ0) is 7.52. The number of rotatable bonds is 3. The summed E-state index contributed by atoms with van der Waals surface area (Å²) >= 11 is 0. The van der Waals surface area contributed by atoms with Crippen molar-refractivity contribution in [3.05, 3.63) is 35.9 Å². The Kier molecular flexibility index (Phi) is 1.91. The normalized spacial score (nSPS) is 16.7. The maximum Gasteiger partial charge on any atom is 0.0208 e. The molecule has 0 spiro atoms. The fraction of sp³-hybridized carbons (Fsp3) is 0.400. The first-order valence-corrected chi connectivity index (χ1v) is 4.13. The van der Waals surface area contributed by atoms with E-state index < -0.39 is 0 Å². The number of nitrogens with one attached hydrogen (secondary N) is 1. The molecular weight excluding hydrogens is 134 g/mol. The van der Waals surface area contributed by atoms with Crippen LogP contribution in [0, 0.1) is 6.07 Å².